The molecule has 1 atom stereocenters. The highest BCUT2D eigenvalue weighted by molar-refractivity contribution is 14.1. The van der Waals surface area contributed by atoms with Gasteiger partial charge in [0.2, 0.25) is 5.69 Å². The summed E-state index contributed by atoms with van der Waals surface area (Å²) < 4.78 is 41.9. The van der Waals surface area contributed by atoms with E-state index < -0.39 is 16.1 Å². The van der Waals surface area contributed by atoms with Crippen LogP contribution in [0.1, 0.15) is 92.6 Å². The second kappa shape index (κ2) is 16.1. The summed E-state index contributed by atoms with van der Waals surface area (Å²) in [6.45, 7) is 15.5. The molecule has 2 N–H and O–H groups in total. The Morgan fingerprint density at radius 2 is 1.55 bits per heavy atom. The Kier molecular flexibility index (Phi) is 13.2. The lowest BCUT2D eigenvalue weighted by Gasteiger charge is -2.32. The molecule has 1 aromatic carbocycles. The SMILES string of the molecule is CC(C)(C)C1=CC(=CC=CC=CC=CC2=[N+](CCCS(=O)(=O)O)c3ccc(I)cc3C2(C)CCCCCC(=O)O)C=C(C(C)(C)C)O1. The Labute approximate surface area is 295 Å². The first-order valence-corrected chi connectivity index (χ1v) is 19.0. The normalized spacial score (nSPS) is 19.0. The number of allylic oxidation sites excluding steroid dienone is 12. The third-order valence-electron chi connectivity index (χ3n) is 8.33. The molecule has 9 heteroatoms. The average molecular weight is 777 g/mol. The van der Waals surface area contributed by atoms with Crippen LogP contribution in [0.3, 0.4) is 0 Å². The molecule has 0 bridgehead atoms. The highest BCUT2D eigenvalue weighted by Gasteiger charge is 2.47. The molecule has 0 radical (unpaired) electrons. The zero-order chi connectivity index (χ0) is 35.0. The number of rotatable bonds is 14. The summed E-state index contributed by atoms with van der Waals surface area (Å²) >= 11 is 2.31. The fourth-order valence-corrected chi connectivity index (χ4v) is 6.71. The molecule has 0 aromatic heterocycles. The number of hydrogen-bond acceptors (Lipinski definition) is 4. The smallest absolute Gasteiger partial charge is 0.303 e. The number of hydrogen-bond donors (Lipinski definition) is 2. The van der Waals surface area contributed by atoms with Gasteiger partial charge in [0.1, 0.15) is 18.1 Å². The Morgan fingerprint density at radius 3 is 2.15 bits per heavy atom. The van der Waals surface area contributed by atoms with Gasteiger partial charge in [0, 0.05) is 44.9 Å². The lowest BCUT2D eigenvalue weighted by atomic mass is 9.75. The summed E-state index contributed by atoms with van der Waals surface area (Å²) in [6, 6.07) is 6.31. The Bertz CT molecular complexity index is 1610. The summed E-state index contributed by atoms with van der Waals surface area (Å²) in [4.78, 5) is 11.0. The third-order valence-corrected chi connectivity index (χ3v) is 9.81. The molecule has 0 aliphatic carbocycles. The number of unbranched alkanes of at least 4 members (excludes halogenated alkanes) is 2. The minimum atomic E-state index is -4.07. The quantitative estimate of drug-likeness (QED) is 0.0642. The minimum absolute atomic E-state index is 0.110. The van der Waals surface area contributed by atoms with Gasteiger partial charge < -0.3 is 9.84 Å². The van der Waals surface area contributed by atoms with Gasteiger partial charge in [-0.3, -0.25) is 9.35 Å². The second-order valence-corrected chi connectivity index (χ2v) is 17.4. The molecule has 7 nitrogen and oxygen atoms in total. The van der Waals surface area contributed by atoms with Gasteiger partial charge >= 0.3 is 5.97 Å². The van der Waals surface area contributed by atoms with Crippen molar-refractivity contribution in [2.24, 2.45) is 10.8 Å². The van der Waals surface area contributed by atoms with Crippen molar-refractivity contribution in [2.45, 2.75) is 92.4 Å². The van der Waals surface area contributed by atoms with E-state index in [1.54, 1.807) is 0 Å². The van der Waals surface area contributed by atoms with Crippen molar-refractivity contribution in [3.8, 4) is 0 Å². The van der Waals surface area contributed by atoms with E-state index in [-0.39, 0.29) is 34.8 Å². The fourth-order valence-electron chi connectivity index (χ4n) is 5.73. The summed E-state index contributed by atoms with van der Waals surface area (Å²) in [5.41, 5.74) is 3.78. The van der Waals surface area contributed by atoms with Gasteiger partial charge in [0.25, 0.3) is 10.1 Å². The van der Waals surface area contributed by atoms with E-state index >= 15 is 0 Å². The van der Waals surface area contributed by atoms with Crippen LogP contribution in [-0.4, -0.2) is 46.6 Å². The molecule has 256 valence electrons. The standard InChI is InChI=1S/C38H50INO6S/c1-36(2,3)33-25-28(26-34(46-33)37(4,5)6)17-12-9-8-10-13-18-32-38(7,22-15-11-14-19-35(41)42)30-27-29(39)20-21-31(30)40(32)23-16-24-47(43,44)45/h8-10,12-13,17-18,20-21,25-27H,11,14-16,19,22-24H2,1-7H3,(H-,41,42,43,44,45)/p+1. The zero-order valence-corrected chi connectivity index (χ0v) is 31.8. The van der Waals surface area contributed by atoms with E-state index in [2.05, 4.69) is 112 Å². The van der Waals surface area contributed by atoms with Gasteiger partial charge in [-0.05, 0) is 72.2 Å². The number of aliphatic carboxylic acids is 1. The van der Waals surface area contributed by atoms with Crippen LogP contribution < -0.4 is 0 Å². The van der Waals surface area contributed by atoms with Gasteiger partial charge in [-0.1, -0.05) is 90.8 Å². The van der Waals surface area contributed by atoms with Gasteiger partial charge in [0.15, 0.2) is 5.71 Å². The lowest BCUT2D eigenvalue weighted by molar-refractivity contribution is -0.437. The number of carbonyl (C=O) groups is 1. The summed E-state index contributed by atoms with van der Waals surface area (Å²) in [7, 11) is -4.07. The third kappa shape index (κ3) is 11.4. The number of nitrogens with zero attached hydrogens (tertiary/aromatic N) is 1. The molecule has 47 heavy (non-hydrogen) atoms. The monoisotopic (exact) mass is 776 g/mol. The zero-order valence-electron chi connectivity index (χ0n) is 28.8. The predicted octanol–water partition coefficient (Wildman–Crippen LogP) is 9.45. The maximum absolute atomic E-state index is 11.5. The maximum Gasteiger partial charge on any atom is 0.303 e. The summed E-state index contributed by atoms with van der Waals surface area (Å²) in [5.74, 6) is 0.799. The highest BCUT2D eigenvalue weighted by Crippen LogP contribution is 2.44. The van der Waals surface area contributed by atoms with Crippen molar-refractivity contribution < 1.29 is 32.2 Å². The van der Waals surface area contributed by atoms with Gasteiger partial charge in [-0.25, -0.2) is 0 Å². The lowest BCUT2D eigenvalue weighted by Crippen LogP contribution is -2.31. The van der Waals surface area contributed by atoms with E-state index in [1.807, 2.05) is 36.4 Å². The average Bonchev–Trinajstić information content (AvgIpc) is 3.17. The van der Waals surface area contributed by atoms with Gasteiger partial charge in [-0.15, -0.1) is 0 Å². The number of halogens is 1. The molecule has 0 spiro atoms. The van der Waals surface area contributed by atoms with E-state index in [1.165, 1.54) is 5.56 Å². The molecule has 2 heterocycles. The Balaban J connectivity index is 1.89. The first-order chi connectivity index (χ1) is 21.8. The van der Waals surface area contributed by atoms with Crippen LogP contribution in [0.4, 0.5) is 5.69 Å². The molecule has 0 amide bonds. The van der Waals surface area contributed by atoms with Crippen LogP contribution in [0.2, 0.25) is 0 Å². The Hall–Kier alpha value is -2.76. The van der Waals surface area contributed by atoms with Crippen LogP contribution >= 0.6 is 22.6 Å². The van der Waals surface area contributed by atoms with Crippen molar-refractivity contribution in [3.63, 3.8) is 0 Å². The Morgan fingerprint density at radius 1 is 0.936 bits per heavy atom. The number of carboxylic acid groups (broad SMARTS) is 1. The molecule has 3 rings (SSSR count). The number of benzene rings is 1. The highest BCUT2D eigenvalue weighted by atomic mass is 127. The van der Waals surface area contributed by atoms with Crippen molar-refractivity contribution in [3.05, 3.63) is 99.1 Å². The van der Waals surface area contributed by atoms with Crippen LogP contribution in [0.5, 0.6) is 0 Å². The van der Waals surface area contributed by atoms with E-state index in [4.69, 9.17) is 9.84 Å². The van der Waals surface area contributed by atoms with Crippen molar-refractivity contribution in [1.29, 1.82) is 0 Å². The first kappa shape index (κ1) is 38.7. The van der Waals surface area contributed by atoms with Crippen molar-refractivity contribution in [1.82, 2.24) is 0 Å². The molecular formula is C38H51INO6S+. The molecule has 0 saturated heterocycles. The summed E-state index contributed by atoms with van der Waals surface area (Å²) in [5, 5.41) is 9.07. The molecule has 0 saturated carbocycles. The maximum atomic E-state index is 11.5. The first-order valence-electron chi connectivity index (χ1n) is 16.3. The molecule has 1 aromatic rings. The fraction of sp³-hybridized carbons (Fsp3) is 0.474. The van der Waals surface area contributed by atoms with Gasteiger partial charge in [-0.2, -0.15) is 13.0 Å². The van der Waals surface area contributed by atoms with Crippen molar-refractivity contribution in [2.75, 3.05) is 12.3 Å². The number of fused-ring (bicyclic) bond motifs is 1. The molecule has 1 unspecified atom stereocenters. The second-order valence-electron chi connectivity index (χ2n) is 14.5. The number of ether oxygens (including phenoxy) is 1. The topological polar surface area (TPSA) is 104 Å². The minimum Gasteiger partial charge on any atom is -0.481 e. The molecule has 0 fully saturated rings. The van der Waals surface area contributed by atoms with Crippen LogP contribution in [-0.2, 0) is 25.1 Å². The molecular weight excluding hydrogens is 725 g/mol. The van der Waals surface area contributed by atoms with E-state index in [0.717, 1.165) is 51.3 Å². The van der Waals surface area contributed by atoms with Crippen LogP contribution in [0, 0.1) is 14.4 Å². The number of carboxylic acids is 1. The predicted molar refractivity (Wildman–Crippen MR) is 200 cm³/mol. The van der Waals surface area contributed by atoms with E-state index in [9.17, 15) is 17.8 Å². The van der Waals surface area contributed by atoms with Crippen LogP contribution in [0.25, 0.3) is 0 Å². The largest absolute Gasteiger partial charge is 0.481 e. The molecule has 2 aliphatic heterocycles. The van der Waals surface area contributed by atoms with Crippen molar-refractivity contribution >= 4 is 50.1 Å². The van der Waals surface area contributed by atoms with Gasteiger partial charge in [0.05, 0.1) is 11.2 Å². The van der Waals surface area contributed by atoms with Crippen LogP contribution in [0.15, 0.2) is 90.0 Å². The summed E-state index contributed by atoms with van der Waals surface area (Å²) in [6.07, 6.45) is 21.9. The van der Waals surface area contributed by atoms with E-state index in [0.29, 0.717) is 13.0 Å². The molecule has 2 aliphatic rings.